The Morgan fingerprint density at radius 2 is 1.66 bits per heavy atom. The molecule has 0 aliphatic heterocycles. The van der Waals surface area contributed by atoms with Crippen molar-refractivity contribution in [3.8, 4) is 11.5 Å². The van der Waals surface area contributed by atoms with Gasteiger partial charge in [-0.1, -0.05) is 64.7 Å². The lowest BCUT2D eigenvalue weighted by Crippen LogP contribution is -2.20. The van der Waals surface area contributed by atoms with Gasteiger partial charge in [-0.15, -0.1) is 0 Å². The molecule has 0 fully saturated rings. The van der Waals surface area contributed by atoms with Gasteiger partial charge in [0.25, 0.3) is 5.91 Å². The van der Waals surface area contributed by atoms with Crippen molar-refractivity contribution in [3.05, 3.63) is 54.1 Å². The highest BCUT2D eigenvalue weighted by atomic mass is 16.5. The Kier molecular flexibility index (Phi) is 10.1. The normalized spacial score (nSPS) is 11.7. The Morgan fingerprint density at radius 3 is 2.38 bits per heavy atom. The molecule has 0 aromatic heterocycles. The lowest BCUT2D eigenvalue weighted by Gasteiger charge is -2.15. The van der Waals surface area contributed by atoms with Crippen LogP contribution in [0.3, 0.4) is 0 Å². The zero-order chi connectivity index (χ0) is 20.9. The quantitative estimate of drug-likeness (QED) is 0.389. The monoisotopic (exact) mass is 397 g/mol. The zero-order valence-electron chi connectivity index (χ0n) is 18.1. The SMILES string of the molecule is CCCCCCCOc1ccc(NC(=O)COc2ccccc2C(C)CC)cc1. The first-order chi connectivity index (χ1) is 14.1. The molecule has 0 spiro atoms. The molecule has 4 nitrogen and oxygen atoms in total. The van der Waals surface area contributed by atoms with Crippen molar-refractivity contribution in [1.29, 1.82) is 0 Å². The predicted octanol–water partition coefficient (Wildman–Crippen LogP) is 6.57. The van der Waals surface area contributed by atoms with Crippen LogP contribution in [0.4, 0.5) is 5.69 Å². The Morgan fingerprint density at radius 1 is 0.931 bits per heavy atom. The Hall–Kier alpha value is -2.49. The maximum Gasteiger partial charge on any atom is 0.262 e. The van der Waals surface area contributed by atoms with E-state index in [4.69, 9.17) is 9.47 Å². The minimum atomic E-state index is -0.173. The van der Waals surface area contributed by atoms with Gasteiger partial charge in [0, 0.05) is 5.69 Å². The van der Waals surface area contributed by atoms with Crippen LogP contribution in [-0.4, -0.2) is 19.1 Å². The highest BCUT2D eigenvalue weighted by molar-refractivity contribution is 5.91. The number of rotatable bonds is 13. The molecule has 0 aliphatic carbocycles. The van der Waals surface area contributed by atoms with E-state index in [9.17, 15) is 4.79 Å². The standard InChI is InChI=1S/C25H35NO3/c1-4-6-7-8-11-18-28-22-16-14-21(15-17-22)26-25(27)19-29-24-13-10-9-12-23(24)20(3)5-2/h9-10,12-17,20H,4-8,11,18-19H2,1-3H3,(H,26,27). The van der Waals surface area contributed by atoms with Gasteiger partial charge in [0.2, 0.25) is 0 Å². The first kappa shape index (κ1) is 22.8. The fourth-order valence-electron chi connectivity index (χ4n) is 3.11. The third kappa shape index (κ3) is 8.18. The largest absolute Gasteiger partial charge is 0.494 e. The molecule has 2 aromatic carbocycles. The number of anilines is 1. The van der Waals surface area contributed by atoms with Crippen molar-refractivity contribution in [2.45, 2.75) is 65.2 Å². The summed E-state index contributed by atoms with van der Waals surface area (Å²) in [5.41, 5.74) is 1.88. The predicted molar refractivity (Wildman–Crippen MR) is 120 cm³/mol. The molecule has 2 aromatic rings. The van der Waals surface area contributed by atoms with Crippen LogP contribution in [0, 0.1) is 0 Å². The molecular formula is C25H35NO3. The van der Waals surface area contributed by atoms with Gasteiger partial charge in [0.15, 0.2) is 6.61 Å². The van der Waals surface area contributed by atoms with Gasteiger partial charge in [-0.3, -0.25) is 4.79 Å². The van der Waals surface area contributed by atoms with E-state index >= 15 is 0 Å². The van der Waals surface area contributed by atoms with Crippen molar-refractivity contribution >= 4 is 11.6 Å². The third-order valence-electron chi connectivity index (χ3n) is 5.08. The van der Waals surface area contributed by atoms with Gasteiger partial charge >= 0.3 is 0 Å². The summed E-state index contributed by atoms with van der Waals surface area (Å²) >= 11 is 0. The fraction of sp³-hybridized carbons (Fsp3) is 0.480. The molecule has 4 heteroatoms. The number of hydrogen-bond acceptors (Lipinski definition) is 3. The topological polar surface area (TPSA) is 47.6 Å². The van der Waals surface area contributed by atoms with Crippen molar-refractivity contribution < 1.29 is 14.3 Å². The highest BCUT2D eigenvalue weighted by Gasteiger charge is 2.11. The van der Waals surface area contributed by atoms with Crippen molar-refractivity contribution in [2.75, 3.05) is 18.5 Å². The van der Waals surface area contributed by atoms with Crippen LogP contribution >= 0.6 is 0 Å². The number of unbranched alkanes of at least 4 members (excludes halogenated alkanes) is 4. The van der Waals surface area contributed by atoms with Crippen LogP contribution in [0.15, 0.2) is 48.5 Å². The first-order valence-corrected chi connectivity index (χ1v) is 10.9. The molecule has 2 rings (SSSR count). The lowest BCUT2D eigenvalue weighted by molar-refractivity contribution is -0.118. The maximum atomic E-state index is 12.3. The van der Waals surface area contributed by atoms with Crippen LogP contribution in [0.1, 0.15) is 70.8 Å². The summed E-state index contributed by atoms with van der Waals surface area (Å²) in [6.07, 6.45) is 7.13. The van der Waals surface area contributed by atoms with Gasteiger partial charge in [0.1, 0.15) is 11.5 Å². The molecule has 0 aliphatic rings. The molecule has 29 heavy (non-hydrogen) atoms. The summed E-state index contributed by atoms with van der Waals surface area (Å²) in [6, 6.07) is 15.4. The van der Waals surface area contributed by atoms with Crippen LogP contribution in [0.5, 0.6) is 11.5 Å². The van der Waals surface area contributed by atoms with E-state index in [1.165, 1.54) is 25.7 Å². The number of para-hydroxylation sites is 1. The number of benzene rings is 2. The molecule has 158 valence electrons. The number of carbonyl (C=O) groups is 1. The summed E-state index contributed by atoms with van der Waals surface area (Å²) in [7, 11) is 0. The number of carbonyl (C=O) groups excluding carboxylic acids is 1. The third-order valence-corrected chi connectivity index (χ3v) is 5.08. The Balaban J connectivity index is 1.75. The summed E-state index contributed by atoms with van der Waals surface area (Å²) in [6.45, 7) is 7.25. The zero-order valence-corrected chi connectivity index (χ0v) is 18.1. The first-order valence-electron chi connectivity index (χ1n) is 10.9. The van der Waals surface area contributed by atoms with Crippen LogP contribution in [-0.2, 0) is 4.79 Å². The van der Waals surface area contributed by atoms with Crippen molar-refractivity contribution in [1.82, 2.24) is 0 Å². The smallest absolute Gasteiger partial charge is 0.262 e. The molecule has 1 atom stereocenters. The molecule has 0 saturated heterocycles. The minimum absolute atomic E-state index is 0.0105. The van der Waals surface area contributed by atoms with E-state index in [1.807, 2.05) is 42.5 Å². The summed E-state index contributed by atoms with van der Waals surface area (Å²) in [5.74, 6) is 1.83. The number of nitrogens with one attached hydrogen (secondary N) is 1. The van der Waals surface area contributed by atoms with E-state index in [-0.39, 0.29) is 12.5 Å². The van der Waals surface area contributed by atoms with Crippen molar-refractivity contribution in [2.24, 2.45) is 0 Å². The van der Waals surface area contributed by atoms with Crippen LogP contribution in [0.25, 0.3) is 0 Å². The second kappa shape index (κ2) is 12.9. The van der Waals surface area contributed by atoms with E-state index in [2.05, 4.69) is 32.2 Å². The Labute approximate surface area is 175 Å². The van der Waals surface area contributed by atoms with E-state index in [1.54, 1.807) is 0 Å². The van der Waals surface area contributed by atoms with Gasteiger partial charge in [0.05, 0.1) is 6.61 Å². The Bertz CT molecular complexity index is 727. The minimum Gasteiger partial charge on any atom is -0.494 e. The number of ether oxygens (including phenoxy) is 2. The average Bonchev–Trinajstić information content (AvgIpc) is 2.75. The number of hydrogen-bond donors (Lipinski definition) is 1. The van der Waals surface area contributed by atoms with Gasteiger partial charge < -0.3 is 14.8 Å². The number of amides is 1. The molecule has 0 saturated carbocycles. The maximum absolute atomic E-state index is 12.3. The molecule has 0 heterocycles. The highest BCUT2D eigenvalue weighted by Crippen LogP contribution is 2.28. The molecule has 0 bridgehead atoms. The molecule has 1 unspecified atom stereocenters. The summed E-state index contributed by atoms with van der Waals surface area (Å²) in [4.78, 5) is 12.3. The van der Waals surface area contributed by atoms with Crippen molar-refractivity contribution in [3.63, 3.8) is 0 Å². The summed E-state index contributed by atoms with van der Waals surface area (Å²) < 4.78 is 11.5. The summed E-state index contributed by atoms with van der Waals surface area (Å²) in [5, 5.41) is 2.87. The van der Waals surface area contributed by atoms with E-state index in [0.29, 0.717) is 5.92 Å². The van der Waals surface area contributed by atoms with Crippen LogP contribution < -0.4 is 14.8 Å². The molecule has 1 N–H and O–H groups in total. The van der Waals surface area contributed by atoms with Gasteiger partial charge in [-0.25, -0.2) is 0 Å². The fourth-order valence-corrected chi connectivity index (χ4v) is 3.11. The average molecular weight is 398 g/mol. The second-order valence-corrected chi connectivity index (χ2v) is 7.47. The second-order valence-electron chi connectivity index (χ2n) is 7.47. The molecule has 0 radical (unpaired) electrons. The van der Waals surface area contributed by atoms with E-state index in [0.717, 1.165) is 42.2 Å². The lowest BCUT2D eigenvalue weighted by atomic mass is 9.98. The van der Waals surface area contributed by atoms with Gasteiger partial charge in [-0.05, 0) is 54.7 Å². The van der Waals surface area contributed by atoms with Gasteiger partial charge in [-0.2, -0.15) is 0 Å². The molecular weight excluding hydrogens is 362 g/mol. The van der Waals surface area contributed by atoms with Crippen LogP contribution in [0.2, 0.25) is 0 Å². The van der Waals surface area contributed by atoms with E-state index < -0.39 is 0 Å². The molecule has 1 amide bonds.